The second-order valence-electron chi connectivity index (χ2n) is 6.38. The zero-order valence-corrected chi connectivity index (χ0v) is 16.0. The van der Waals surface area contributed by atoms with Gasteiger partial charge >= 0.3 is 5.97 Å². The van der Waals surface area contributed by atoms with Crippen LogP contribution in [0.3, 0.4) is 0 Å². The van der Waals surface area contributed by atoms with Gasteiger partial charge in [0.1, 0.15) is 0 Å². The van der Waals surface area contributed by atoms with E-state index < -0.39 is 27.8 Å². The zero-order chi connectivity index (χ0) is 20.2. The van der Waals surface area contributed by atoms with Crippen molar-refractivity contribution in [3.63, 3.8) is 0 Å². The van der Waals surface area contributed by atoms with E-state index >= 15 is 0 Å². The summed E-state index contributed by atoms with van der Waals surface area (Å²) in [6, 6.07) is 5.48. The third-order valence-electron chi connectivity index (χ3n) is 4.43. The van der Waals surface area contributed by atoms with E-state index in [0.717, 1.165) is 0 Å². The van der Waals surface area contributed by atoms with Crippen molar-refractivity contribution >= 4 is 27.8 Å². The third kappa shape index (κ3) is 5.04. The van der Waals surface area contributed by atoms with Crippen molar-refractivity contribution in [2.45, 2.75) is 18.7 Å². The Kier molecular flexibility index (Phi) is 6.55. The van der Waals surface area contributed by atoms with Crippen LogP contribution in [0.2, 0.25) is 0 Å². The maximum atomic E-state index is 12.7. The number of hydrogen-bond acceptors (Lipinski definition) is 5. The molecule has 0 aliphatic carbocycles. The van der Waals surface area contributed by atoms with Crippen LogP contribution >= 0.6 is 0 Å². The van der Waals surface area contributed by atoms with Crippen LogP contribution in [0.15, 0.2) is 29.2 Å². The van der Waals surface area contributed by atoms with Crippen molar-refractivity contribution in [1.82, 2.24) is 14.5 Å². The number of nitrogens with zero attached hydrogens (tertiary/aromatic N) is 2. The molecule has 1 aromatic carbocycles. The van der Waals surface area contributed by atoms with Gasteiger partial charge in [-0.25, -0.2) is 8.42 Å². The molecule has 2 N–H and O–H groups in total. The molecule has 0 bridgehead atoms. The highest BCUT2D eigenvalue weighted by Gasteiger charge is 2.29. The first-order valence-corrected chi connectivity index (χ1v) is 9.93. The molecule has 1 unspecified atom stereocenters. The number of nitrogens with one attached hydrogen (secondary N) is 1. The van der Waals surface area contributed by atoms with Gasteiger partial charge in [-0.2, -0.15) is 4.31 Å². The molecule has 0 radical (unpaired) electrons. The average molecular weight is 397 g/mol. The number of carboxylic acids is 1. The molecule has 9 nitrogen and oxygen atoms in total. The topological polar surface area (TPSA) is 124 Å². The molecule has 0 spiro atoms. The summed E-state index contributed by atoms with van der Waals surface area (Å²) < 4.78 is 26.7. The molecule has 1 aromatic rings. The Morgan fingerprint density at radius 3 is 2.15 bits per heavy atom. The number of sulfonamides is 1. The average Bonchev–Trinajstić information content (AvgIpc) is 2.65. The smallest absolute Gasteiger partial charge is 0.308 e. The fourth-order valence-corrected chi connectivity index (χ4v) is 4.03. The van der Waals surface area contributed by atoms with E-state index in [1.54, 1.807) is 4.90 Å². The molecule has 27 heavy (non-hydrogen) atoms. The lowest BCUT2D eigenvalue weighted by Gasteiger charge is -2.33. The van der Waals surface area contributed by atoms with Gasteiger partial charge in [-0.15, -0.1) is 0 Å². The highest BCUT2D eigenvalue weighted by atomic mass is 32.2. The lowest BCUT2D eigenvalue weighted by atomic mass is 10.1. The van der Waals surface area contributed by atoms with E-state index in [1.165, 1.54) is 42.4 Å². The van der Waals surface area contributed by atoms with Crippen LogP contribution < -0.4 is 5.32 Å². The summed E-state index contributed by atoms with van der Waals surface area (Å²) in [6.07, 6.45) is 0. The number of carboxylic acid groups (broad SMARTS) is 1. The van der Waals surface area contributed by atoms with E-state index in [0.29, 0.717) is 13.1 Å². The Morgan fingerprint density at radius 2 is 1.67 bits per heavy atom. The molecule has 0 aromatic heterocycles. The first kappa shape index (κ1) is 20.8. The summed E-state index contributed by atoms with van der Waals surface area (Å²) in [7, 11) is -3.70. The van der Waals surface area contributed by atoms with Crippen molar-refractivity contribution in [2.75, 3.05) is 32.7 Å². The SMILES string of the molecule is CC(=O)N1CCN(S(=O)(=O)c2ccc(C(=O)NCC(C)C(=O)O)cc2)CC1. The highest BCUT2D eigenvalue weighted by Crippen LogP contribution is 2.18. The molecule has 1 heterocycles. The Hall–Kier alpha value is -2.46. The second-order valence-corrected chi connectivity index (χ2v) is 8.32. The van der Waals surface area contributed by atoms with Gasteiger partial charge in [0.15, 0.2) is 0 Å². The Bertz CT molecular complexity index is 814. The Morgan fingerprint density at radius 1 is 1.11 bits per heavy atom. The lowest BCUT2D eigenvalue weighted by Crippen LogP contribution is -2.49. The fourth-order valence-electron chi connectivity index (χ4n) is 2.61. The monoisotopic (exact) mass is 397 g/mol. The van der Waals surface area contributed by atoms with Crippen LogP contribution in [0.5, 0.6) is 0 Å². The van der Waals surface area contributed by atoms with E-state index in [1.807, 2.05) is 0 Å². The zero-order valence-electron chi connectivity index (χ0n) is 15.2. The molecular formula is C17H23N3O6S. The number of carbonyl (C=O) groups excluding carboxylic acids is 2. The second kappa shape index (κ2) is 8.49. The minimum atomic E-state index is -3.70. The molecule has 1 aliphatic heterocycles. The first-order chi connectivity index (χ1) is 12.6. The van der Waals surface area contributed by atoms with Gasteiger partial charge < -0.3 is 15.3 Å². The summed E-state index contributed by atoms with van der Waals surface area (Å²) in [6.45, 7) is 4.03. The Balaban J connectivity index is 2.02. The summed E-state index contributed by atoms with van der Waals surface area (Å²) in [5.41, 5.74) is 0.243. The summed E-state index contributed by atoms with van der Waals surface area (Å²) >= 11 is 0. The van der Waals surface area contributed by atoms with Crippen molar-refractivity contribution in [1.29, 1.82) is 0 Å². The van der Waals surface area contributed by atoms with Gasteiger partial charge in [-0.1, -0.05) is 6.92 Å². The van der Waals surface area contributed by atoms with Gasteiger partial charge in [0, 0.05) is 45.2 Å². The van der Waals surface area contributed by atoms with E-state index in [-0.39, 0.29) is 36.0 Å². The maximum Gasteiger partial charge on any atom is 0.308 e. The number of hydrogen-bond donors (Lipinski definition) is 2. The molecular weight excluding hydrogens is 374 g/mol. The van der Waals surface area contributed by atoms with Crippen LogP contribution in [0.4, 0.5) is 0 Å². The maximum absolute atomic E-state index is 12.7. The molecule has 148 valence electrons. The molecule has 2 amide bonds. The number of aliphatic carboxylic acids is 1. The number of carbonyl (C=O) groups is 3. The van der Waals surface area contributed by atoms with Gasteiger partial charge in [0.2, 0.25) is 15.9 Å². The largest absolute Gasteiger partial charge is 0.481 e. The van der Waals surface area contributed by atoms with Crippen molar-refractivity contribution in [3.8, 4) is 0 Å². The van der Waals surface area contributed by atoms with Gasteiger partial charge in [-0.3, -0.25) is 14.4 Å². The molecule has 1 saturated heterocycles. The van der Waals surface area contributed by atoms with Gasteiger partial charge in [-0.05, 0) is 24.3 Å². The number of benzene rings is 1. The van der Waals surface area contributed by atoms with Gasteiger partial charge in [0.25, 0.3) is 5.91 Å². The predicted molar refractivity (Wildman–Crippen MR) is 96.6 cm³/mol. The fraction of sp³-hybridized carbons (Fsp3) is 0.471. The first-order valence-electron chi connectivity index (χ1n) is 8.49. The van der Waals surface area contributed by atoms with E-state index in [4.69, 9.17) is 5.11 Å². The van der Waals surface area contributed by atoms with E-state index in [2.05, 4.69) is 5.32 Å². The highest BCUT2D eigenvalue weighted by molar-refractivity contribution is 7.89. The van der Waals surface area contributed by atoms with Crippen molar-refractivity contribution < 1.29 is 27.9 Å². The lowest BCUT2D eigenvalue weighted by molar-refractivity contribution is -0.140. The van der Waals surface area contributed by atoms with E-state index in [9.17, 15) is 22.8 Å². The van der Waals surface area contributed by atoms with Crippen LogP contribution in [-0.4, -0.2) is 73.2 Å². The van der Waals surface area contributed by atoms with Crippen molar-refractivity contribution in [2.24, 2.45) is 5.92 Å². The molecule has 10 heteroatoms. The van der Waals surface area contributed by atoms with Crippen LogP contribution in [0, 0.1) is 5.92 Å². The quantitative estimate of drug-likeness (QED) is 0.696. The summed E-state index contributed by atoms with van der Waals surface area (Å²) in [5.74, 6) is -2.29. The van der Waals surface area contributed by atoms with Crippen LogP contribution in [0.25, 0.3) is 0 Å². The number of amides is 2. The molecule has 1 fully saturated rings. The standard InChI is InChI=1S/C17H23N3O6S/c1-12(17(23)24)11-18-16(22)14-3-5-15(6-4-14)27(25,26)20-9-7-19(8-10-20)13(2)21/h3-6,12H,7-11H2,1-2H3,(H,18,22)(H,23,24). The number of rotatable bonds is 6. The predicted octanol–water partition coefficient (Wildman–Crippen LogP) is -0.0101. The van der Waals surface area contributed by atoms with Gasteiger partial charge in [0.05, 0.1) is 10.8 Å². The summed E-state index contributed by atoms with van der Waals surface area (Å²) in [5, 5.41) is 11.3. The Labute approximate surface area is 158 Å². The molecule has 2 rings (SSSR count). The third-order valence-corrected chi connectivity index (χ3v) is 6.34. The summed E-state index contributed by atoms with van der Waals surface area (Å²) in [4.78, 5) is 35.8. The van der Waals surface area contributed by atoms with Crippen LogP contribution in [0.1, 0.15) is 24.2 Å². The molecule has 1 aliphatic rings. The van der Waals surface area contributed by atoms with Crippen LogP contribution in [-0.2, 0) is 19.6 Å². The molecule has 1 atom stereocenters. The minimum absolute atomic E-state index is 0.0192. The number of piperazine rings is 1. The minimum Gasteiger partial charge on any atom is -0.481 e. The normalized spacial score (nSPS) is 16.6. The molecule has 0 saturated carbocycles. The van der Waals surface area contributed by atoms with Crippen molar-refractivity contribution in [3.05, 3.63) is 29.8 Å².